The first kappa shape index (κ1) is 147. The second-order valence-electron chi connectivity index (χ2n) is 35.6. The average molecular weight is 2130 g/mol. The van der Waals surface area contributed by atoms with Crippen LogP contribution in [0.5, 0.6) is 0 Å². The molecule has 0 spiro atoms. The van der Waals surface area contributed by atoms with Gasteiger partial charge in [-0.1, -0.05) is 390 Å². The molecular weight excluding hydrogens is 1940 g/mol. The molecule has 0 aliphatic heterocycles. The molecule has 0 aromatic carbocycles. The van der Waals surface area contributed by atoms with E-state index < -0.39 is 169 Å². The molecule has 830 valence electrons. The Kier molecular flexibility index (Phi) is 105. The third-order valence-corrected chi connectivity index (χ3v) is 27.7. The summed E-state index contributed by atoms with van der Waals surface area (Å²) >= 11 is 0. The molecule has 4 N–H and O–H groups in total. The minimum absolute atomic E-state index is 0. The van der Waals surface area contributed by atoms with Crippen molar-refractivity contribution in [2.45, 2.75) is 513 Å². The van der Waals surface area contributed by atoms with Crippen molar-refractivity contribution in [3.8, 4) is 0 Å². The fourth-order valence-electron chi connectivity index (χ4n) is 13.7. The first-order chi connectivity index (χ1) is 66.6. The van der Waals surface area contributed by atoms with E-state index in [0.29, 0.717) is 64.2 Å². The van der Waals surface area contributed by atoms with Gasteiger partial charge in [0.1, 0.15) is 10.1 Å². The summed E-state index contributed by atoms with van der Waals surface area (Å²) < 4.78 is 212. The summed E-state index contributed by atoms with van der Waals surface area (Å²) in [5.41, 5.74) is 0. The zero-order valence-electron chi connectivity index (χ0n) is 88.4. The third kappa shape index (κ3) is 99.6. The number of rotatable bonds is 90. The second-order valence-corrected chi connectivity index (χ2v) is 43.6. The Bertz CT molecular complexity index is 3140. The predicted octanol–water partition coefficient (Wildman–Crippen LogP) is 18.9. The monoisotopic (exact) mass is 2130 g/mol. The maximum absolute atomic E-state index is 12.0. The van der Waals surface area contributed by atoms with E-state index in [4.69, 9.17) is 47.4 Å². The van der Waals surface area contributed by atoms with Gasteiger partial charge in [0.15, 0.2) is 26.2 Å². The Morgan fingerprint density at radius 2 is 0.277 bits per heavy atom. The van der Waals surface area contributed by atoms with E-state index in [-0.39, 0.29) is 95.6 Å². The molecule has 0 rings (SSSR count). The Morgan fingerprint density at radius 1 is 0.177 bits per heavy atom. The number of esters is 10. The molecule has 0 bridgehead atoms. The van der Waals surface area contributed by atoms with E-state index in [1.165, 1.54) is 32.1 Å². The number of hydrogen-bond donors (Lipinski definition) is 4. The van der Waals surface area contributed by atoms with Gasteiger partial charge in [-0.15, -0.1) is 0 Å². The van der Waals surface area contributed by atoms with Crippen molar-refractivity contribution in [3.05, 3.63) is 0 Å². The molecule has 0 fully saturated rings. The van der Waals surface area contributed by atoms with Gasteiger partial charge in [0.2, 0.25) is 0 Å². The number of hydrogen-bond acceptors (Lipinski definition) is 31. The predicted molar refractivity (Wildman–Crippen MR) is 541 cm³/mol. The molecule has 0 radical (unpaired) electrons. The van der Waals surface area contributed by atoms with Crippen molar-refractivity contribution in [1.29, 1.82) is 0 Å². The van der Waals surface area contributed by atoms with Gasteiger partial charge in [0.05, 0.1) is 98.2 Å². The molecule has 41 heteroatoms. The van der Waals surface area contributed by atoms with E-state index in [9.17, 15) is 113 Å². The van der Waals surface area contributed by atoms with Gasteiger partial charge in [0, 0.05) is 0 Å². The van der Waals surface area contributed by atoms with Crippen LogP contribution in [0.4, 0.5) is 0 Å². The quantitative estimate of drug-likeness (QED) is 0.0144. The average Bonchev–Trinajstić information content (AvgIpc) is 0.877. The smallest absolute Gasteiger partial charge is 0.747 e. The summed E-state index contributed by atoms with van der Waals surface area (Å²) in [5, 5.41) is -9.74. The Morgan fingerprint density at radius 3 is 0.390 bits per heavy atom. The molecule has 0 aliphatic rings. The molecule has 0 amide bonds. The van der Waals surface area contributed by atoms with Crippen LogP contribution >= 0.6 is 0 Å². The molecular formula is C100H189NaO35S5. The van der Waals surface area contributed by atoms with Gasteiger partial charge in [-0.25, -0.2) is 8.42 Å². The summed E-state index contributed by atoms with van der Waals surface area (Å²) in [5.74, 6) is -9.75. The maximum atomic E-state index is 12.0. The molecule has 5 unspecified atom stereocenters. The standard InChI is InChI=1S/5C20H38O7S.Na/c5*1-3-5-7-9-11-13-15-26-19(21)17-18(28(23,24)25)20(22)27-16-14-12-10-8-6-4-2;/h5*18H,3-17H2,1-2H3,(H,23,24,25);/q;;;;;+1/p-1. The van der Waals surface area contributed by atoms with Crippen LogP contribution in [-0.2, 0) is 146 Å². The van der Waals surface area contributed by atoms with Crippen LogP contribution in [0, 0.1) is 0 Å². The fourth-order valence-corrected chi connectivity index (χ4v) is 17.0. The van der Waals surface area contributed by atoms with Crippen LogP contribution in [0.25, 0.3) is 0 Å². The fraction of sp³-hybridized carbons (Fsp3) is 0.900. The van der Waals surface area contributed by atoms with Crippen molar-refractivity contribution in [2.24, 2.45) is 0 Å². The Balaban J connectivity index is -0.000000403. The molecule has 0 saturated heterocycles. The van der Waals surface area contributed by atoms with Crippen LogP contribution < -0.4 is 29.6 Å². The maximum Gasteiger partial charge on any atom is 1.00 e. The molecule has 0 aromatic rings. The number of carbonyl (C=O) groups excluding carboxylic acids is 10. The normalized spacial score (nSPS) is 12.4. The topological polar surface area (TPSA) is 538 Å². The molecule has 141 heavy (non-hydrogen) atoms. The molecule has 0 aliphatic carbocycles. The van der Waals surface area contributed by atoms with E-state index >= 15 is 0 Å². The van der Waals surface area contributed by atoms with E-state index in [0.717, 1.165) is 289 Å². The van der Waals surface area contributed by atoms with Crippen LogP contribution in [0.15, 0.2) is 0 Å². The van der Waals surface area contributed by atoms with Crippen LogP contribution in [0.2, 0.25) is 0 Å². The first-order valence-electron chi connectivity index (χ1n) is 53.0. The van der Waals surface area contributed by atoms with E-state index in [1.807, 2.05) is 0 Å². The van der Waals surface area contributed by atoms with Gasteiger partial charge >= 0.3 is 89.3 Å². The summed E-state index contributed by atoms with van der Waals surface area (Å²) in [6, 6.07) is 0. The van der Waals surface area contributed by atoms with Gasteiger partial charge in [-0.3, -0.25) is 66.2 Å². The molecule has 35 nitrogen and oxygen atoms in total. The van der Waals surface area contributed by atoms with Crippen molar-refractivity contribution in [1.82, 2.24) is 0 Å². The van der Waals surface area contributed by atoms with Crippen molar-refractivity contribution < 1.29 is 190 Å². The summed E-state index contributed by atoms with van der Waals surface area (Å²) in [7, 11) is -23.9. The van der Waals surface area contributed by atoms with E-state index in [1.54, 1.807) is 0 Å². The van der Waals surface area contributed by atoms with Crippen molar-refractivity contribution in [3.63, 3.8) is 0 Å². The minimum Gasteiger partial charge on any atom is -0.747 e. The number of carbonyl (C=O) groups is 10. The van der Waals surface area contributed by atoms with Crippen LogP contribution in [0.3, 0.4) is 0 Å². The Labute approximate surface area is 872 Å². The molecule has 0 aromatic heterocycles. The van der Waals surface area contributed by atoms with Crippen molar-refractivity contribution >= 4 is 110 Å². The van der Waals surface area contributed by atoms with Crippen LogP contribution in [-0.4, -0.2) is 217 Å². The van der Waals surface area contributed by atoms with E-state index in [2.05, 4.69) is 69.2 Å². The third-order valence-electron chi connectivity index (χ3n) is 22.4. The van der Waals surface area contributed by atoms with Gasteiger partial charge in [-0.05, 0) is 64.2 Å². The van der Waals surface area contributed by atoms with Gasteiger partial charge in [-0.2, -0.15) is 33.7 Å². The molecule has 0 saturated carbocycles. The zero-order chi connectivity index (χ0) is 106. The number of unbranched alkanes of at least 4 members (excludes halogenated alkanes) is 50. The Hall–Kier alpha value is -4.75. The van der Waals surface area contributed by atoms with Crippen molar-refractivity contribution in [2.75, 3.05) is 66.1 Å². The summed E-state index contributed by atoms with van der Waals surface area (Å²) in [6.45, 7) is 22.4. The van der Waals surface area contributed by atoms with Crippen LogP contribution in [0.1, 0.15) is 487 Å². The number of ether oxygens (including phenoxy) is 10. The summed E-state index contributed by atoms with van der Waals surface area (Å²) in [4.78, 5) is 119. The second kappa shape index (κ2) is 101. The summed E-state index contributed by atoms with van der Waals surface area (Å²) in [6.07, 6.45) is 56.5. The van der Waals surface area contributed by atoms with Gasteiger partial charge in [0.25, 0.3) is 40.5 Å². The molecule has 0 heterocycles. The first-order valence-corrected chi connectivity index (χ1v) is 60.5. The largest absolute Gasteiger partial charge is 1.00 e. The SMILES string of the molecule is CCCCCCCCOC(=O)CC(C(=O)OCCCCCCCC)S(=O)(=O)O.CCCCCCCCOC(=O)CC(C(=O)OCCCCCCCC)S(=O)(=O)O.CCCCCCCCOC(=O)CC(C(=O)OCCCCCCCC)S(=O)(=O)O.CCCCCCCCOC(=O)CC(C(=O)OCCCCCCCC)S(=O)(=O)O.CCCCCCCCOC(=O)CC(C(=O)OCCCCCCCC)S(=O)(=O)[O-].[Na+]. The minimum atomic E-state index is -4.98. The molecule has 5 atom stereocenters. The van der Waals surface area contributed by atoms with Gasteiger partial charge < -0.3 is 51.9 Å². The zero-order valence-corrected chi connectivity index (χ0v) is 94.5.